The number of ether oxygens (including phenoxy) is 2. The average molecular weight is 265 g/mol. The van der Waals surface area contributed by atoms with Gasteiger partial charge in [0, 0.05) is 25.5 Å². The van der Waals surface area contributed by atoms with Gasteiger partial charge in [-0.15, -0.1) is 0 Å². The largest absolute Gasteiger partial charge is 0.398 e. The van der Waals surface area contributed by atoms with Gasteiger partial charge in [0.05, 0.1) is 0 Å². The van der Waals surface area contributed by atoms with Crippen molar-refractivity contribution >= 4 is 12.0 Å². The first-order valence-corrected chi connectivity index (χ1v) is 6.23. The lowest BCUT2D eigenvalue weighted by Crippen LogP contribution is -2.33. The molecule has 0 fully saturated rings. The zero-order valence-corrected chi connectivity index (χ0v) is 12.3. The van der Waals surface area contributed by atoms with E-state index in [-0.39, 0.29) is 5.41 Å². The summed E-state index contributed by atoms with van der Waals surface area (Å²) < 4.78 is 10.4. The minimum atomic E-state index is -1.43. The van der Waals surface area contributed by atoms with Crippen LogP contribution in [0.4, 0.5) is 5.69 Å². The highest BCUT2D eigenvalue weighted by molar-refractivity contribution is 5.69. The second-order valence-corrected chi connectivity index (χ2v) is 5.85. The van der Waals surface area contributed by atoms with Crippen molar-refractivity contribution in [2.45, 2.75) is 33.0 Å². The Hall–Kier alpha value is -1.39. The van der Waals surface area contributed by atoms with Crippen LogP contribution < -0.4 is 5.73 Å². The van der Waals surface area contributed by atoms with Crippen molar-refractivity contribution < 1.29 is 14.3 Å². The number of nitrogen functional groups attached to an aromatic ring is 1. The number of hydrogen-bond acceptors (Lipinski definition) is 4. The molecule has 1 rings (SSSR count). The summed E-state index contributed by atoms with van der Waals surface area (Å²) in [6.07, 6.45) is 1.50. The maximum Gasteiger partial charge on any atom is 0.254 e. The Bertz CT molecular complexity index is 445. The number of hydrogen-bond donors (Lipinski definition) is 1. The summed E-state index contributed by atoms with van der Waals surface area (Å²) in [5, 5.41) is 0. The number of aldehydes is 1. The van der Waals surface area contributed by atoms with E-state index in [2.05, 4.69) is 20.8 Å². The van der Waals surface area contributed by atoms with Crippen molar-refractivity contribution in [2.24, 2.45) is 5.41 Å². The van der Waals surface area contributed by atoms with Crippen molar-refractivity contribution in [3.8, 4) is 0 Å². The van der Waals surface area contributed by atoms with Crippen molar-refractivity contribution in [2.75, 3.05) is 20.0 Å². The van der Waals surface area contributed by atoms with Crippen LogP contribution in [0.5, 0.6) is 0 Å². The van der Waals surface area contributed by atoms with E-state index in [4.69, 9.17) is 15.2 Å². The lowest BCUT2D eigenvalue weighted by molar-refractivity contribution is -0.201. The molecule has 0 saturated carbocycles. The summed E-state index contributed by atoms with van der Waals surface area (Å²) in [6, 6.07) is 5.62. The third-order valence-electron chi connectivity index (χ3n) is 2.99. The predicted octanol–water partition coefficient (Wildman–Crippen LogP) is 2.50. The monoisotopic (exact) mass is 265 g/mol. The molecular weight excluding hydrogens is 242 g/mol. The van der Waals surface area contributed by atoms with Gasteiger partial charge in [0.15, 0.2) is 6.29 Å². The highest BCUT2D eigenvalue weighted by atomic mass is 16.7. The molecular formula is C15H23NO3. The molecule has 0 amide bonds. The van der Waals surface area contributed by atoms with Gasteiger partial charge < -0.3 is 15.2 Å². The Morgan fingerprint density at radius 1 is 1.21 bits per heavy atom. The Morgan fingerprint density at radius 3 is 2.21 bits per heavy atom. The van der Waals surface area contributed by atoms with Gasteiger partial charge in [-0.25, -0.2) is 0 Å². The van der Waals surface area contributed by atoms with E-state index in [0.717, 1.165) is 12.0 Å². The molecule has 1 aromatic carbocycles. The van der Waals surface area contributed by atoms with Crippen LogP contribution in [0.2, 0.25) is 0 Å². The van der Waals surface area contributed by atoms with Crippen LogP contribution in [0.3, 0.4) is 0 Å². The van der Waals surface area contributed by atoms with Gasteiger partial charge in [-0.3, -0.25) is 4.79 Å². The molecule has 0 aliphatic rings. The predicted molar refractivity (Wildman–Crippen MR) is 75.8 cm³/mol. The van der Waals surface area contributed by atoms with Crippen LogP contribution >= 0.6 is 0 Å². The van der Waals surface area contributed by atoms with Crippen molar-refractivity contribution in [3.63, 3.8) is 0 Å². The molecule has 0 bridgehead atoms. The number of rotatable bonds is 5. The molecule has 0 aromatic heterocycles. The number of carbonyl (C=O) groups excluding carboxylic acids is 1. The molecule has 2 N–H and O–H groups in total. The van der Waals surface area contributed by atoms with Gasteiger partial charge in [-0.05, 0) is 29.5 Å². The smallest absolute Gasteiger partial charge is 0.254 e. The second-order valence-electron chi connectivity index (χ2n) is 5.85. The van der Waals surface area contributed by atoms with Gasteiger partial charge in [0.25, 0.3) is 5.79 Å². The molecule has 4 heteroatoms. The van der Waals surface area contributed by atoms with E-state index in [9.17, 15) is 4.79 Å². The highest BCUT2D eigenvalue weighted by Gasteiger charge is 2.34. The number of carbonyl (C=O) groups is 1. The third-order valence-corrected chi connectivity index (χ3v) is 2.99. The summed E-state index contributed by atoms with van der Waals surface area (Å²) in [6.45, 7) is 6.47. The Balaban J connectivity index is 3.27. The fourth-order valence-corrected chi connectivity index (χ4v) is 2.09. The first-order valence-electron chi connectivity index (χ1n) is 6.23. The Kier molecular flexibility index (Phi) is 4.71. The summed E-state index contributed by atoms with van der Waals surface area (Å²) in [5.41, 5.74) is 8.22. The lowest BCUT2D eigenvalue weighted by Gasteiger charge is -2.27. The molecule has 1 aromatic rings. The van der Waals surface area contributed by atoms with Crippen LogP contribution in [0.15, 0.2) is 18.2 Å². The minimum Gasteiger partial charge on any atom is -0.398 e. The Labute approximate surface area is 114 Å². The third kappa shape index (κ3) is 3.55. The Morgan fingerprint density at radius 2 is 1.79 bits per heavy atom. The normalized spacial score (nSPS) is 12.5. The number of methoxy groups -OCH3 is 2. The first-order chi connectivity index (χ1) is 8.78. The SMILES string of the molecule is COC(C=O)(OC)c1cc(CC(C)(C)C)ccc1N. The fraction of sp³-hybridized carbons (Fsp3) is 0.533. The molecule has 0 spiro atoms. The number of benzene rings is 1. The highest BCUT2D eigenvalue weighted by Crippen LogP contribution is 2.31. The zero-order chi connectivity index (χ0) is 14.7. The van der Waals surface area contributed by atoms with E-state index in [0.29, 0.717) is 17.5 Å². The maximum absolute atomic E-state index is 11.3. The van der Waals surface area contributed by atoms with E-state index in [1.54, 1.807) is 6.07 Å². The van der Waals surface area contributed by atoms with E-state index in [1.807, 2.05) is 12.1 Å². The summed E-state index contributed by atoms with van der Waals surface area (Å²) in [7, 11) is 2.85. The van der Waals surface area contributed by atoms with Crippen molar-refractivity contribution in [1.29, 1.82) is 0 Å². The molecule has 0 atom stereocenters. The van der Waals surface area contributed by atoms with E-state index >= 15 is 0 Å². The van der Waals surface area contributed by atoms with Crippen LogP contribution in [-0.2, 0) is 26.5 Å². The summed E-state index contributed by atoms with van der Waals surface area (Å²) in [5.74, 6) is -1.43. The van der Waals surface area contributed by atoms with Crippen molar-refractivity contribution in [3.05, 3.63) is 29.3 Å². The van der Waals surface area contributed by atoms with Crippen molar-refractivity contribution in [1.82, 2.24) is 0 Å². The molecule has 0 saturated heterocycles. The molecule has 0 radical (unpaired) electrons. The molecule has 0 aliphatic carbocycles. The van der Waals surface area contributed by atoms with Crippen LogP contribution in [0, 0.1) is 5.41 Å². The van der Waals surface area contributed by atoms with Crippen LogP contribution in [0.25, 0.3) is 0 Å². The quantitative estimate of drug-likeness (QED) is 0.505. The van der Waals surface area contributed by atoms with Gasteiger partial charge in [0.2, 0.25) is 0 Å². The zero-order valence-electron chi connectivity index (χ0n) is 12.3. The van der Waals surface area contributed by atoms with Crippen LogP contribution in [0.1, 0.15) is 31.9 Å². The van der Waals surface area contributed by atoms with Gasteiger partial charge in [-0.2, -0.15) is 0 Å². The average Bonchev–Trinajstić information content (AvgIpc) is 2.34. The lowest BCUT2D eigenvalue weighted by atomic mass is 9.87. The fourth-order valence-electron chi connectivity index (χ4n) is 2.09. The summed E-state index contributed by atoms with van der Waals surface area (Å²) in [4.78, 5) is 11.3. The molecule has 0 unspecified atom stereocenters. The maximum atomic E-state index is 11.3. The van der Waals surface area contributed by atoms with Gasteiger partial charge >= 0.3 is 0 Å². The molecule has 0 aliphatic heterocycles. The van der Waals surface area contributed by atoms with E-state index in [1.165, 1.54) is 14.2 Å². The standard InChI is InChI=1S/C15H23NO3/c1-14(2,3)9-11-6-7-13(16)12(8-11)15(10-17,18-4)19-5/h6-8,10H,9,16H2,1-5H3. The van der Waals surface area contributed by atoms with Crippen LogP contribution in [-0.4, -0.2) is 20.5 Å². The molecule has 4 nitrogen and oxygen atoms in total. The second kappa shape index (κ2) is 5.72. The number of nitrogens with two attached hydrogens (primary N) is 1. The van der Waals surface area contributed by atoms with Gasteiger partial charge in [0.1, 0.15) is 0 Å². The molecule has 0 heterocycles. The first kappa shape index (κ1) is 15.7. The summed E-state index contributed by atoms with van der Waals surface area (Å²) >= 11 is 0. The number of anilines is 1. The molecule has 19 heavy (non-hydrogen) atoms. The van der Waals surface area contributed by atoms with Gasteiger partial charge in [-0.1, -0.05) is 26.8 Å². The minimum absolute atomic E-state index is 0.150. The molecule has 106 valence electrons. The van der Waals surface area contributed by atoms with E-state index < -0.39 is 5.79 Å². The topological polar surface area (TPSA) is 61.5 Å².